The highest BCUT2D eigenvalue weighted by molar-refractivity contribution is 6.36. The van der Waals surface area contributed by atoms with E-state index in [0.717, 1.165) is 4.90 Å². The Hall–Kier alpha value is -3.48. The molecule has 2 aromatic carbocycles. The summed E-state index contributed by atoms with van der Waals surface area (Å²) in [5.74, 6) is -1.87. The van der Waals surface area contributed by atoms with Crippen molar-refractivity contribution in [2.45, 2.75) is 6.92 Å². The van der Waals surface area contributed by atoms with Crippen LogP contribution in [0.4, 0.5) is 11.4 Å². The standard InChI is InChI=1S/C18H14N2O5/c1-10(21)19-14-5-3-4-13-15(14)17(23)20(16(13)22)12-8-6-11(7-9-12)18(24)25-2/h3-9H,1-2H3,(H,19,21). The molecule has 1 heterocycles. The van der Waals surface area contributed by atoms with Crippen LogP contribution >= 0.6 is 0 Å². The summed E-state index contributed by atoms with van der Waals surface area (Å²) in [5, 5.41) is 2.56. The van der Waals surface area contributed by atoms with Gasteiger partial charge in [0.25, 0.3) is 11.8 Å². The lowest BCUT2D eigenvalue weighted by molar-refractivity contribution is -0.114. The van der Waals surface area contributed by atoms with Crippen molar-refractivity contribution in [1.82, 2.24) is 0 Å². The predicted octanol–water partition coefficient (Wildman–Crippen LogP) is 2.23. The molecule has 7 nitrogen and oxygen atoms in total. The van der Waals surface area contributed by atoms with E-state index >= 15 is 0 Å². The Labute approximate surface area is 143 Å². The lowest BCUT2D eigenvalue weighted by Gasteiger charge is -2.14. The number of ether oxygens (including phenoxy) is 1. The van der Waals surface area contributed by atoms with Gasteiger partial charge in [-0.3, -0.25) is 14.4 Å². The third-order valence-electron chi connectivity index (χ3n) is 3.77. The predicted molar refractivity (Wildman–Crippen MR) is 89.7 cm³/mol. The number of carbonyl (C=O) groups is 4. The third-order valence-corrected chi connectivity index (χ3v) is 3.77. The van der Waals surface area contributed by atoms with Crippen LogP contribution in [-0.4, -0.2) is 30.8 Å². The van der Waals surface area contributed by atoms with E-state index in [1.54, 1.807) is 12.1 Å². The summed E-state index contributed by atoms with van der Waals surface area (Å²) in [6.45, 7) is 1.32. The van der Waals surface area contributed by atoms with Gasteiger partial charge in [0, 0.05) is 6.92 Å². The van der Waals surface area contributed by atoms with E-state index in [4.69, 9.17) is 0 Å². The highest BCUT2D eigenvalue weighted by Crippen LogP contribution is 2.33. The zero-order valence-electron chi connectivity index (χ0n) is 13.5. The number of anilines is 2. The van der Waals surface area contributed by atoms with Crippen molar-refractivity contribution < 1.29 is 23.9 Å². The van der Waals surface area contributed by atoms with Crippen molar-refractivity contribution in [2.24, 2.45) is 0 Å². The fourth-order valence-electron chi connectivity index (χ4n) is 2.68. The molecule has 0 atom stereocenters. The van der Waals surface area contributed by atoms with Crippen molar-refractivity contribution >= 4 is 35.1 Å². The number of methoxy groups -OCH3 is 1. The van der Waals surface area contributed by atoms with Gasteiger partial charge in [0.2, 0.25) is 5.91 Å². The average molecular weight is 338 g/mol. The molecule has 0 saturated carbocycles. The normalized spacial score (nSPS) is 12.8. The Morgan fingerprint density at radius 1 is 1.00 bits per heavy atom. The number of nitrogens with zero attached hydrogens (tertiary/aromatic N) is 1. The summed E-state index contributed by atoms with van der Waals surface area (Å²) in [4.78, 5) is 49.2. The molecule has 0 aromatic heterocycles. The van der Waals surface area contributed by atoms with Crippen LogP contribution in [0.3, 0.4) is 0 Å². The van der Waals surface area contributed by atoms with Crippen molar-refractivity contribution in [2.75, 3.05) is 17.3 Å². The second-order valence-electron chi connectivity index (χ2n) is 5.39. The largest absolute Gasteiger partial charge is 0.465 e. The molecule has 0 saturated heterocycles. The summed E-state index contributed by atoms with van der Waals surface area (Å²) in [6.07, 6.45) is 0. The molecule has 0 aliphatic carbocycles. The Bertz CT molecular complexity index is 902. The minimum atomic E-state index is -0.532. The number of nitrogens with one attached hydrogen (secondary N) is 1. The summed E-state index contributed by atoms with van der Waals surface area (Å²) < 4.78 is 4.62. The van der Waals surface area contributed by atoms with Gasteiger partial charge >= 0.3 is 5.97 Å². The van der Waals surface area contributed by atoms with Crippen LogP contribution in [0, 0.1) is 0 Å². The first-order valence-electron chi connectivity index (χ1n) is 7.42. The second kappa shape index (κ2) is 6.20. The van der Waals surface area contributed by atoms with Gasteiger partial charge in [-0.1, -0.05) is 6.07 Å². The van der Waals surface area contributed by atoms with E-state index in [-0.39, 0.29) is 22.7 Å². The number of amides is 3. The van der Waals surface area contributed by atoms with Crippen LogP contribution < -0.4 is 10.2 Å². The van der Waals surface area contributed by atoms with E-state index in [9.17, 15) is 19.2 Å². The van der Waals surface area contributed by atoms with E-state index in [2.05, 4.69) is 10.1 Å². The first kappa shape index (κ1) is 16.4. The Morgan fingerprint density at radius 2 is 1.68 bits per heavy atom. The van der Waals surface area contributed by atoms with Gasteiger partial charge in [-0.2, -0.15) is 0 Å². The maximum atomic E-state index is 12.7. The molecule has 3 amide bonds. The molecule has 7 heteroatoms. The van der Waals surface area contributed by atoms with Crippen LogP contribution in [0.2, 0.25) is 0 Å². The van der Waals surface area contributed by atoms with Crippen molar-refractivity contribution in [3.8, 4) is 0 Å². The average Bonchev–Trinajstić information content (AvgIpc) is 2.86. The SMILES string of the molecule is COC(=O)c1ccc(N2C(=O)c3cccc(NC(C)=O)c3C2=O)cc1. The van der Waals surface area contributed by atoms with Crippen LogP contribution in [0.1, 0.15) is 38.0 Å². The quantitative estimate of drug-likeness (QED) is 0.684. The number of esters is 1. The summed E-state index contributed by atoms with van der Waals surface area (Å²) in [6, 6.07) is 10.6. The van der Waals surface area contributed by atoms with Crippen molar-refractivity contribution in [3.63, 3.8) is 0 Å². The molecule has 1 aliphatic heterocycles. The lowest BCUT2D eigenvalue weighted by atomic mass is 10.1. The monoisotopic (exact) mass is 338 g/mol. The topological polar surface area (TPSA) is 92.8 Å². The molecule has 0 fully saturated rings. The molecule has 1 aliphatic rings. The molecule has 2 aromatic rings. The number of carbonyl (C=O) groups excluding carboxylic acids is 4. The van der Waals surface area contributed by atoms with E-state index in [1.807, 2.05) is 0 Å². The maximum Gasteiger partial charge on any atom is 0.337 e. The first-order chi connectivity index (χ1) is 11.9. The zero-order valence-corrected chi connectivity index (χ0v) is 13.5. The van der Waals surface area contributed by atoms with Crippen molar-refractivity contribution in [1.29, 1.82) is 0 Å². The van der Waals surface area contributed by atoms with Crippen LogP contribution in [-0.2, 0) is 9.53 Å². The van der Waals surface area contributed by atoms with Crippen LogP contribution in [0.15, 0.2) is 42.5 Å². The smallest absolute Gasteiger partial charge is 0.337 e. The molecule has 1 N–H and O–H groups in total. The second-order valence-corrected chi connectivity index (χ2v) is 5.39. The fourth-order valence-corrected chi connectivity index (χ4v) is 2.68. The van der Waals surface area contributed by atoms with E-state index in [0.29, 0.717) is 11.3 Å². The number of hydrogen-bond acceptors (Lipinski definition) is 5. The molecule has 0 unspecified atom stereocenters. The number of fused-ring (bicyclic) bond motifs is 1. The fraction of sp³-hybridized carbons (Fsp3) is 0.111. The van der Waals surface area contributed by atoms with Gasteiger partial charge in [-0.05, 0) is 36.4 Å². The Kier molecular flexibility index (Phi) is 4.06. The number of rotatable bonds is 3. The molecular formula is C18H14N2O5. The van der Waals surface area contributed by atoms with Gasteiger partial charge in [0.15, 0.2) is 0 Å². The summed E-state index contributed by atoms with van der Waals surface area (Å²) in [5.41, 5.74) is 1.29. The lowest BCUT2D eigenvalue weighted by Crippen LogP contribution is -2.29. The molecule has 25 heavy (non-hydrogen) atoms. The van der Waals surface area contributed by atoms with Gasteiger partial charge < -0.3 is 10.1 Å². The highest BCUT2D eigenvalue weighted by atomic mass is 16.5. The number of imide groups is 1. The summed E-state index contributed by atoms with van der Waals surface area (Å²) >= 11 is 0. The van der Waals surface area contributed by atoms with Crippen molar-refractivity contribution in [3.05, 3.63) is 59.2 Å². The minimum absolute atomic E-state index is 0.153. The Morgan fingerprint density at radius 3 is 2.28 bits per heavy atom. The molecule has 0 spiro atoms. The highest BCUT2D eigenvalue weighted by Gasteiger charge is 2.38. The van der Waals surface area contributed by atoms with Crippen LogP contribution in [0.5, 0.6) is 0 Å². The first-order valence-corrected chi connectivity index (χ1v) is 7.42. The molecule has 126 valence electrons. The number of benzene rings is 2. The number of hydrogen-bond donors (Lipinski definition) is 1. The molecule has 0 bridgehead atoms. The maximum absolute atomic E-state index is 12.7. The van der Waals surface area contributed by atoms with Gasteiger partial charge in [-0.25, -0.2) is 9.69 Å². The Balaban J connectivity index is 2.00. The minimum Gasteiger partial charge on any atom is -0.465 e. The van der Waals surface area contributed by atoms with E-state index < -0.39 is 17.8 Å². The molecule has 3 rings (SSSR count). The van der Waals surface area contributed by atoms with Gasteiger partial charge in [-0.15, -0.1) is 0 Å². The van der Waals surface area contributed by atoms with Gasteiger partial charge in [0.05, 0.1) is 35.2 Å². The molecule has 0 radical (unpaired) electrons. The summed E-state index contributed by atoms with van der Waals surface area (Å²) in [7, 11) is 1.27. The van der Waals surface area contributed by atoms with Gasteiger partial charge in [0.1, 0.15) is 0 Å². The van der Waals surface area contributed by atoms with E-state index in [1.165, 1.54) is 44.4 Å². The molecular weight excluding hydrogens is 324 g/mol. The van der Waals surface area contributed by atoms with Crippen LogP contribution in [0.25, 0.3) is 0 Å². The third kappa shape index (κ3) is 2.76. The zero-order chi connectivity index (χ0) is 18.1.